The first-order chi connectivity index (χ1) is 16.1. The molecule has 1 saturated heterocycles. The van der Waals surface area contributed by atoms with E-state index in [2.05, 4.69) is 10.2 Å². The maximum absolute atomic E-state index is 13.6. The van der Waals surface area contributed by atoms with E-state index in [4.69, 9.17) is 46.4 Å². The lowest BCUT2D eigenvalue weighted by Gasteiger charge is -2.30. The summed E-state index contributed by atoms with van der Waals surface area (Å²) in [4.78, 5) is 31.2. The van der Waals surface area contributed by atoms with Gasteiger partial charge in [0.05, 0.1) is 5.41 Å². The predicted octanol–water partition coefficient (Wildman–Crippen LogP) is 5.22. The zero-order valence-corrected chi connectivity index (χ0v) is 22.1. The van der Waals surface area contributed by atoms with E-state index in [1.165, 1.54) is 0 Å². The Hall–Kier alpha value is -1.50. The minimum atomic E-state index is -0.773. The molecular formula is C25H27Cl4N3O2. The molecule has 2 amide bonds. The van der Waals surface area contributed by atoms with E-state index in [0.717, 1.165) is 30.6 Å². The van der Waals surface area contributed by atoms with Crippen LogP contribution in [0.1, 0.15) is 30.4 Å². The van der Waals surface area contributed by atoms with Crippen molar-refractivity contribution in [2.24, 2.45) is 0 Å². The SMILES string of the molecule is CN1CCC(N(C)C(=O)C(Cc2ccc(Cl)cc2Cl)NC(=O)C2(c3ccc(Cl)cc3Cl)CC2)C1. The molecule has 4 rings (SSSR count). The van der Waals surface area contributed by atoms with Crippen LogP contribution in [-0.2, 0) is 21.4 Å². The highest BCUT2D eigenvalue weighted by molar-refractivity contribution is 6.35. The third kappa shape index (κ3) is 5.34. The molecule has 5 nitrogen and oxygen atoms in total. The van der Waals surface area contributed by atoms with Gasteiger partial charge in [-0.15, -0.1) is 0 Å². The number of hydrogen-bond acceptors (Lipinski definition) is 3. The average molecular weight is 543 g/mol. The van der Waals surface area contributed by atoms with Gasteiger partial charge >= 0.3 is 0 Å². The van der Waals surface area contributed by atoms with Crippen LogP contribution in [0.5, 0.6) is 0 Å². The molecule has 1 aliphatic heterocycles. The minimum Gasteiger partial charge on any atom is -0.343 e. The molecule has 182 valence electrons. The number of likely N-dealkylation sites (tertiary alicyclic amines) is 1. The fourth-order valence-corrected chi connectivity index (χ4v) is 5.75. The van der Waals surface area contributed by atoms with Crippen LogP contribution in [0.4, 0.5) is 0 Å². The molecule has 2 aliphatic rings. The minimum absolute atomic E-state index is 0.0955. The van der Waals surface area contributed by atoms with Crippen molar-refractivity contribution in [2.45, 2.75) is 43.2 Å². The maximum atomic E-state index is 13.6. The molecule has 2 fully saturated rings. The zero-order chi connectivity index (χ0) is 24.6. The molecule has 0 radical (unpaired) electrons. The second-order valence-corrected chi connectivity index (χ2v) is 11.0. The summed E-state index contributed by atoms with van der Waals surface area (Å²) in [6, 6.07) is 9.67. The third-order valence-corrected chi connectivity index (χ3v) is 8.07. The number of halogens is 4. The zero-order valence-electron chi connectivity index (χ0n) is 19.1. The van der Waals surface area contributed by atoms with Crippen LogP contribution >= 0.6 is 46.4 Å². The quantitative estimate of drug-likeness (QED) is 0.521. The molecular weight excluding hydrogens is 516 g/mol. The van der Waals surface area contributed by atoms with Crippen LogP contribution in [0.3, 0.4) is 0 Å². The van der Waals surface area contributed by atoms with Crippen molar-refractivity contribution in [2.75, 3.05) is 27.2 Å². The molecule has 2 atom stereocenters. The first-order valence-electron chi connectivity index (χ1n) is 11.3. The normalized spacial score (nSPS) is 20.1. The topological polar surface area (TPSA) is 52.6 Å². The maximum Gasteiger partial charge on any atom is 0.245 e. The van der Waals surface area contributed by atoms with Crippen LogP contribution < -0.4 is 5.32 Å². The van der Waals surface area contributed by atoms with Crippen molar-refractivity contribution in [3.8, 4) is 0 Å². The summed E-state index contributed by atoms with van der Waals surface area (Å²) in [6.45, 7) is 1.73. The Labute approximate surface area is 220 Å². The molecule has 0 spiro atoms. The van der Waals surface area contributed by atoms with Crippen molar-refractivity contribution in [1.82, 2.24) is 15.1 Å². The Kier molecular flexibility index (Phi) is 7.70. The number of nitrogens with zero attached hydrogens (tertiary/aromatic N) is 2. The van der Waals surface area contributed by atoms with Gasteiger partial charge in [0.1, 0.15) is 6.04 Å². The number of benzene rings is 2. The number of likely N-dealkylation sites (N-methyl/N-ethyl adjacent to an activating group) is 2. The summed E-state index contributed by atoms with van der Waals surface area (Å²) in [5.74, 6) is -0.352. The van der Waals surface area contributed by atoms with Crippen molar-refractivity contribution in [3.05, 3.63) is 67.6 Å². The van der Waals surface area contributed by atoms with Crippen molar-refractivity contribution in [1.29, 1.82) is 0 Å². The Morgan fingerprint density at radius 3 is 2.29 bits per heavy atom. The van der Waals surface area contributed by atoms with Gasteiger partial charge in [-0.05, 0) is 68.2 Å². The lowest BCUT2D eigenvalue weighted by molar-refractivity contribution is -0.137. The van der Waals surface area contributed by atoms with Gasteiger partial charge in [-0.3, -0.25) is 9.59 Å². The highest BCUT2D eigenvalue weighted by atomic mass is 35.5. The molecule has 2 unspecified atom stereocenters. The van der Waals surface area contributed by atoms with Gasteiger partial charge in [0.15, 0.2) is 0 Å². The van der Waals surface area contributed by atoms with Gasteiger partial charge in [0.25, 0.3) is 0 Å². The number of amides is 2. The molecule has 9 heteroatoms. The Morgan fingerprint density at radius 2 is 1.74 bits per heavy atom. The van der Waals surface area contributed by atoms with Crippen LogP contribution in [0.25, 0.3) is 0 Å². The molecule has 0 bridgehead atoms. The number of hydrogen-bond donors (Lipinski definition) is 1. The van der Waals surface area contributed by atoms with Crippen molar-refractivity contribution >= 4 is 58.2 Å². The molecule has 1 saturated carbocycles. The van der Waals surface area contributed by atoms with E-state index >= 15 is 0 Å². The molecule has 2 aromatic carbocycles. The van der Waals surface area contributed by atoms with Gasteiger partial charge in [-0.25, -0.2) is 0 Å². The Bertz CT molecular complexity index is 1110. The molecule has 1 heterocycles. The highest BCUT2D eigenvalue weighted by Gasteiger charge is 2.53. The summed E-state index contributed by atoms with van der Waals surface area (Å²) in [5.41, 5.74) is 0.726. The Morgan fingerprint density at radius 1 is 1.09 bits per heavy atom. The second kappa shape index (κ2) is 10.2. The lowest BCUT2D eigenvalue weighted by Crippen LogP contribution is -2.53. The standard InChI is InChI=1S/C25H27Cl4N3O2/c1-31-10-7-18(14-31)32(2)23(33)22(11-15-3-4-16(26)12-20(15)28)30-24(34)25(8-9-25)19-6-5-17(27)13-21(19)29/h3-6,12-13,18,22H,7-11,14H2,1-2H3,(H,30,34). The van der Waals surface area contributed by atoms with Gasteiger partial charge < -0.3 is 15.1 Å². The Balaban J connectivity index is 1.59. The van der Waals surface area contributed by atoms with E-state index < -0.39 is 11.5 Å². The fraction of sp³-hybridized carbons (Fsp3) is 0.440. The third-order valence-electron chi connectivity index (χ3n) is 6.94. The van der Waals surface area contributed by atoms with Crippen LogP contribution in [0.15, 0.2) is 36.4 Å². The highest BCUT2D eigenvalue weighted by Crippen LogP contribution is 2.51. The summed E-state index contributed by atoms with van der Waals surface area (Å²) in [7, 11) is 3.84. The van der Waals surface area contributed by atoms with E-state index in [1.54, 1.807) is 48.3 Å². The fourth-order valence-electron chi connectivity index (χ4n) is 4.68. The molecule has 34 heavy (non-hydrogen) atoms. The van der Waals surface area contributed by atoms with E-state index in [-0.39, 0.29) is 24.3 Å². The van der Waals surface area contributed by atoms with Crippen LogP contribution in [0, 0.1) is 0 Å². The summed E-state index contributed by atoms with van der Waals surface area (Å²) >= 11 is 25.0. The van der Waals surface area contributed by atoms with Gasteiger partial charge in [0, 0.05) is 46.1 Å². The van der Waals surface area contributed by atoms with E-state index in [9.17, 15) is 9.59 Å². The number of nitrogens with one attached hydrogen (secondary N) is 1. The van der Waals surface area contributed by atoms with Crippen LogP contribution in [0.2, 0.25) is 20.1 Å². The monoisotopic (exact) mass is 541 g/mol. The van der Waals surface area contributed by atoms with Gasteiger partial charge in [-0.2, -0.15) is 0 Å². The largest absolute Gasteiger partial charge is 0.343 e. The van der Waals surface area contributed by atoms with Crippen molar-refractivity contribution in [3.63, 3.8) is 0 Å². The summed E-state index contributed by atoms with van der Waals surface area (Å²) < 4.78 is 0. The molecule has 2 aromatic rings. The summed E-state index contributed by atoms with van der Waals surface area (Å²) in [6.07, 6.45) is 2.47. The lowest BCUT2D eigenvalue weighted by atomic mass is 9.93. The number of carbonyl (C=O) groups is 2. The van der Waals surface area contributed by atoms with E-state index in [0.29, 0.717) is 32.9 Å². The van der Waals surface area contributed by atoms with Crippen molar-refractivity contribution < 1.29 is 9.59 Å². The van der Waals surface area contributed by atoms with E-state index in [1.807, 2.05) is 7.05 Å². The first-order valence-corrected chi connectivity index (χ1v) is 12.8. The smallest absolute Gasteiger partial charge is 0.245 e. The first kappa shape index (κ1) is 25.6. The van der Waals surface area contributed by atoms with Crippen LogP contribution in [-0.4, -0.2) is 60.9 Å². The predicted molar refractivity (Wildman–Crippen MR) is 138 cm³/mol. The number of rotatable bonds is 7. The second-order valence-electron chi connectivity index (χ2n) is 9.33. The van der Waals surface area contributed by atoms with Gasteiger partial charge in [-0.1, -0.05) is 58.5 Å². The summed E-state index contributed by atoms with van der Waals surface area (Å²) in [5, 5.41) is 4.98. The average Bonchev–Trinajstić information content (AvgIpc) is 3.47. The molecule has 0 aromatic heterocycles. The van der Waals surface area contributed by atoms with Gasteiger partial charge in [0.2, 0.25) is 11.8 Å². The molecule has 1 N–H and O–H groups in total. The molecule has 1 aliphatic carbocycles. The number of carbonyl (C=O) groups excluding carboxylic acids is 2.